The Morgan fingerprint density at radius 3 is 2.84 bits per heavy atom. The van der Waals surface area contributed by atoms with Crippen LogP contribution in [-0.4, -0.2) is 23.9 Å². The second kappa shape index (κ2) is 6.96. The molecule has 0 atom stereocenters. The molecule has 2 N–H and O–H groups in total. The summed E-state index contributed by atoms with van der Waals surface area (Å²) in [4.78, 5) is 21.5. The molecule has 0 aliphatic carbocycles. The number of nitriles is 1. The van der Waals surface area contributed by atoms with Crippen molar-refractivity contribution in [2.45, 2.75) is 13.3 Å². The molecule has 0 aliphatic rings. The van der Waals surface area contributed by atoms with Crippen LogP contribution in [0, 0.1) is 21.4 Å². The van der Waals surface area contributed by atoms with Crippen LogP contribution in [0.4, 0.5) is 11.4 Å². The Morgan fingerprint density at radius 1 is 1.53 bits per heavy atom. The van der Waals surface area contributed by atoms with Crippen molar-refractivity contribution in [3.63, 3.8) is 0 Å². The fourth-order valence-electron chi connectivity index (χ4n) is 1.50. The third kappa shape index (κ3) is 4.27. The fraction of sp³-hybridized carbons (Fsp3) is 0.333. The number of rotatable bonds is 6. The molecule has 7 nitrogen and oxygen atoms in total. The lowest BCUT2D eigenvalue weighted by molar-refractivity contribution is -0.384. The summed E-state index contributed by atoms with van der Waals surface area (Å²) in [6.07, 6.45) is 0.227. The third-order valence-electron chi connectivity index (χ3n) is 2.36. The number of nitrogens with zero attached hydrogens (tertiary/aromatic N) is 2. The first-order chi connectivity index (χ1) is 9.08. The molecule has 0 radical (unpaired) electrons. The number of nitro benzene ring substituents is 1. The normalized spacial score (nSPS) is 9.47. The molecule has 19 heavy (non-hydrogen) atoms. The number of hydrogen-bond acceptors (Lipinski definition) is 5. The number of carbonyl (C=O) groups is 1. The number of benzene rings is 1. The summed E-state index contributed by atoms with van der Waals surface area (Å²) in [5, 5.41) is 25.0. The second-order valence-electron chi connectivity index (χ2n) is 3.73. The van der Waals surface area contributed by atoms with Crippen LogP contribution in [0.25, 0.3) is 0 Å². The first kappa shape index (κ1) is 14.4. The van der Waals surface area contributed by atoms with E-state index in [9.17, 15) is 14.9 Å². The Balaban J connectivity index is 2.70. The van der Waals surface area contributed by atoms with Gasteiger partial charge in [0.15, 0.2) is 0 Å². The summed E-state index contributed by atoms with van der Waals surface area (Å²) in [6, 6.07) is 6.00. The van der Waals surface area contributed by atoms with Crippen molar-refractivity contribution in [2.75, 3.05) is 18.4 Å². The Morgan fingerprint density at radius 2 is 2.26 bits per heavy atom. The topological polar surface area (TPSA) is 108 Å². The third-order valence-corrected chi connectivity index (χ3v) is 2.36. The molecule has 0 aliphatic heterocycles. The van der Waals surface area contributed by atoms with Gasteiger partial charge in [-0.15, -0.1) is 0 Å². The minimum Gasteiger partial charge on any atom is -0.379 e. The van der Waals surface area contributed by atoms with Gasteiger partial charge in [-0.3, -0.25) is 14.9 Å². The van der Waals surface area contributed by atoms with Gasteiger partial charge >= 0.3 is 0 Å². The largest absolute Gasteiger partial charge is 0.379 e. The van der Waals surface area contributed by atoms with Crippen LogP contribution >= 0.6 is 0 Å². The van der Waals surface area contributed by atoms with Gasteiger partial charge in [0.2, 0.25) is 5.91 Å². The minimum atomic E-state index is -0.560. The molecule has 1 aromatic rings. The van der Waals surface area contributed by atoms with Crippen LogP contribution in [0.3, 0.4) is 0 Å². The highest BCUT2D eigenvalue weighted by atomic mass is 16.6. The van der Waals surface area contributed by atoms with Crippen molar-refractivity contribution in [3.05, 3.63) is 33.9 Å². The SMILES string of the molecule is CCNC(=O)CCNc1ccc(C#N)cc1[N+](=O)[O-]. The summed E-state index contributed by atoms with van der Waals surface area (Å²) in [5.74, 6) is -0.119. The molecule has 0 heterocycles. The van der Waals surface area contributed by atoms with Gasteiger partial charge in [0, 0.05) is 25.6 Å². The van der Waals surface area contributed by atoms with E-state index in [1.54, 1.807) is 0 Å². The summed E-state index contributed by atoms with van der Waals surface area (Å²) in [5.41, 5.74) is 0.351. The van der Waals surface area contributed by atoms with Crippen molar-refractivity contribution in [1.29, 1.82) is 5.26 Å². The number of nitrogens with one attached hydrogen (secondary N) is 2. The number of amides is 1. The molecule has 0 fully saturated rings. The van der Waals surface area contributed by atoms with Crippen LogP contribution in [0.15, 0.2) is 18.2 Å². The second-order valence-corrected chi connectivity index (χ2v) is 3.73. The van der Waals surface area contributed by atoms with E-state index < -0.39 is 4.92 Å². The number of carbonyl (C=O) groups excluding carboxylic acids is 1. The van der Waals surface area contributed by atoms with E-state index in [1.807, 2.05) is 13.0 Å². The van der Waals surface area contributed by atoms with Crippen LogP contribution < -0.4 is 10.6 Å². The molecular weight excluding hydrogens is 248 g/mol. The lowest BCUT2D eigenvalue weighted by Crippen LogP contribution is -2.24. The standard InChI is InChI=1S/C12H14N4O3/c1-2-14-12(17)5-6-15-10-4-3-9(8-13)7-11(10)16(18)19/h3-4,7,15H,2,5-6H2,1H3,(H,14,17). The Bertz CT molecular complexity index is 522. The molecule has 0 spiro atoms. The molecule has 0 bridgehead atoms. The molecule has 7 heteroatoms. The van der Waals surface area contributed by atoms with E-state index >= 15 is 0 Å². The van der Waals surface area contributed by atoms with Crippen LogP contribution in [0.2, 0.25) is 0 Å². The average Bonchev–Trinajstić information content (AvgIpc) is 2.39. The van der Waals surface area contributed by atoms with Crippen molar-refractivity contribution in [1.82, 2.24) is 5.32 Å². The van der Waals surface area contributed by atoms with Gasteiger partial charge in [-0.05, 0) is 19.1 Å². The monoisotopic (exact) mass is 262 g/mol. The smallest absolute Gasteiger partial charge is 0.293 e. The molecule has 0 unspecified atom stereocenters. The van der Waals surface area contributed by atoms with Crippen LogP contribution in [0.5, 0.6) is 0 Å². The van der Waals surface area contributed by atoms with Gasteiger partial charge in [0.05, 0.1) is 16.6 Å². The predicted molar refractivity (Wildman–Crippen MR) is 69.6 cm³/mol. The average molecular weight is 262 g/mol. The highest BCUT2D eigenvalue weighted by molar-refractivity contribution is 5.76. The molecule has 0 saturated heterocycles. The van der Waals surface area contributed by atoms with Crippen molar-refractivity contribution < 1.29 is 9.72 Å². The van der Waals surface area contributed by atoms with Crippen molar-refractivity contribution >= 4 is 17.3 Å². The van der Waals surface area contributed by atoms with Gasteiger partial charge in [-0.25, -0.2) is 0 Å². The molecule has 1 amide bonds. The van der Waals surface area contributed by atoms with E-state index in [0.29, 0.717) is 18.8 Å². The number of anilines is 1. The molecule has 100 valence electrons. The zero-order valence-electron chi connectivity index (χ0n) is 10.5. The molecule has 1 rings (SSSR count). The number of nitro groups is 1. The van der Waals surface area contributed by atoms with E-state index in [2.05, 4.69) is 10.6 Å². The van der Waals surface area contributed by atoms with E-state index in [-0.39, 0.29) is 23.6 Å². The van der Waals surface area contributed by atoms with Gasteiger partial charge in [-0.1, -0.05) is 0 Å². The lowest BCUT2D eigenvalue weighted by atomic mass is 10.2. The summed E-state index contributed by atoms with van der Waals surface area (Å²) in [6.45, 7) is 2.66. The number of hydrogen-bond donors (Lipinski definition) is 2. The summed E-state index contributed by atoms with van der Waals surface area (Å²) in [7, 11) is 0. The molecule has 0 saturated carbocycles. The summed E-state index contributed by atoms with van der Waals surface area (Å²) < 4.78 is 0. The van der Waals surface area contributed by atoms with Gasteiger partial charge in [-0.2, -0.15) is 5.26 Å². The van der Waals surface area contributed by atoms with Crippen molar-refractivity contribution in [2.24, 2.45) is 0 Å². The van der Waals surface area contributed by atoms with E-state index in [1.165, 1.54) is 18.2 Å². The maximum absolute atomic E-state index is 11.2. The zero-order chi connectivity index (χ0) is 14.3. The molecular formula is C12H14N4O3. The Hall–Kier alpha value is -2.62. The van der Waals surface area contributed by atoms with E-state index in [4.69, 9.17) is 5.26 Å². The maximum atomic E-state index is 11.2. The maximum Gasteiger partial charge on any atom is 0.293 e. The van der Waals surface area contributed by atoms with Crippen molar-refractivity contribution in [3.8, 4) is 6.07 Å². The first-order valence-electron chi connectivity index (χ1n) is 5.77. The molecule has 0 aromatic heterocycles. The fourth-order valence-corrected chi connectivity index (χ4v) is 1.50. The van der Waals surface area contributed by atoms with Crippen LogP contribution in [-0.2, 0) is 4.79 Å². The van der Waals surface area contributed by atoms with Gasteiger partial charge in [0.25, 0.3) is 5.69 Å². The summed E-state index contributed by atoms with van der Waals surface area (Å²) >= 11 is 0. The Kier molecular flexibility index (Phi) is 5.29. The molecule has 1 aromatic carbocycles. The van der Waals surface area contributed by atoms with Gasteiger partial charge in [0.1, 0.15) is 5.69 Å². The lowest BCUT2D eigenvalue weighted by Gasteiger charge is -2.07. The zero-order valence-corrected chi connectivity index (χ0v) is 10.5. The Labute approximate surface area is 110 Å². The van der Waals surface area contributed by atoms with E-state index in [0.717, 1.165) is 0 Å². The first-order valence-corrected chi connectivity index (χ1v) is 5.77. The van der Waals surface area contributed by atoms with Gasteiger partial charge < -0.3 is 10.6 Å². The highest BCUT2D eigenvalue weighted by Gasteiger charge is 2.14. The quantitative estimate of drug-likeness (QED) is 0.595. The highest BCUT2D eigenvalue weighted by Crippen LogP contribution is 2.25. The minimum absolute atomic E-state index is 0.119. The van der Waals surface area contributed by atoms with Crippen LogP contribution in [0.1, 0.15) is 18.9 Å². The predicted octanol–water partition coefficient (Wildman–Crippen LogP) is 1.40.